The van der Waals surface area contributed by atoms with E-state index in [0.29, 0.717) is 17.9 Å². The average molecular weight is 582 g/mol. The van der Waals surface area contributed by atoms with Crippen LogP contribution in [-0.2, 0) is 26.2 Å². The third kappa shape index (κ3) is 7.79. The van der Waals surface area contributed by atoms with Crippen molar-refractivity contribution in [2.45, 2.75) is 57.6 Å². The van der Waals surface area contributed by atoms with E-state index in [1.807, 2.05) is 52.0 Å². The van der Waals surface area contributed by atoms with Crippen LogP contribution in [-0.4, -0.2) is 58.0 Å². The lowest BCUT2D eigenvalue weighted by atomic mass is 10.1. The highest BCUT2D eigenvalue weighted by atomic mass is 32.2. The van der Waals surface area contributed by atoms with Crippen LogP contribution < -0.4 is 19.1 Å². The number of carbonyl (C=O) groups is 2. The fraction of sp³-hybridized carbons (Fsp3) is 0.355. The molecule has 0 fully saturated rings. The molecule has 0 heterocycles. The van der Waals surface area contributed by atoms with Gasteiger partial charge in [0.2, 0.25) is 11.8 Å². The molecule has 3 aromatic rings. The van der Waals surface area contributed by atoms with Gasteiger partial charge in [0.05, 0.1) is 24.8 Å². The van der Waals surface area contributed by atoms with Gasteiger partial charge < -0.3 is 19.7 Å². The fourth-order valence-electron chi connectivity index (χ4n) is 4.42. The van der Waals surface area contributed by atoms with Gasteiger partial charge in [-0.25, -0.2) is 8.42 Å². The number of ether oxygens (including phenoxy) is 2. The molecule has 0 aliphatic rings. The van der Waals surface area contributed by atoms with Crippen LogP contribution in [0.15, 0.2) is 77.7 Å². The minimum atomic E-state index is -4.19. The van der Waals surface area contributed by atoms with Crippen LogP contribution in [0.25, 0.3) is 0 Å². The molecule has 220 valence electrons. The minimum Gasteiger partial charge on any atom is -0.493 e. The Morgan fingerprint density at radius 1 is 0.902 bits per heavy atom. The normalized spacial score (nSPS) is 12.0. The van der Waals surface area contributed by atoms with Gasteiger partial charge in [-0.05, 0) is 57.0 Å². The number of carbonyl (C=O) groups excluding carboxylic acids is 2. The zero-order valence-electron chi connectivity index (χ0n) is 24.5. The number of anilines is 1. The predicted molar refractivity (Wildman–Crippen MR) is 160 cm³/mol. The number of methoxy groups -OCH3 is 2. The fourth-order valence-corrected chi connectivity index (χ4v) is 5.85. The van der Waals surface area contributed by atoms with Crippen molar-refractivity contribution in [1.29, 1.82) is 0 Å². The van der Waals surface area contributed by atoms with Crippen LogP contribution in [0.3, 0.4) is 0 Å². The Morgan fingerprint density at radius 2 is 1.54 bits per heavy atom. The quantitative estimate of drug-likeness (QED) is 0.318. The number of hydrogen-bond donors (Lipinski definition) is 1. The summed E-state index contributed by atoms with van der Waals surface area (Å²) in [6.45, 7) is 7.09. The highest BCUT2D eigenvalue weighted by Gasteiger charge is 2.34. The van der Waals surface area contributed by atoms with E-state index in [2.05, 4.69) is 5.32 Å². The molecule has 0 aliphatic carbocycles. The Labute approximate surface area is 243 Å². The first kappa shape index (κ1) is 31.5. The standard InChI is InChI=1S/C31H39N3O6S/c1-7-27(31(36)32-22(2)3)33(20-24-15-13-23(4)14-16-24)30(35)21-34(41(37,38)26-11-9-8-10-12-26)25-17-18-28(39-5)29(19-25)40-6/h8-19,22,27H,7,20-21H2,1-6H3,(H,32,36)/t27-/m1/s1. The van der Waals surface area contributed by atoms with Crippen LogP contribution in [0.4, 0.5) is 5.69 Å². The summed E-state index contributed by atoms with van der Waals surface area (Å²) in [5, 5.41) is 2.90. The zero-order chi connectivity index (χ0) is 30.2. The number of hydrogen-bond acceptors (Lipinski definition) is 6. The second-order valence-corrected chi connectivity index (χ2v) is 11.8. The van der Waals surface area contributed by atoms with E-state index in [4.69, 9.17) is 9.47 Å². The summed E-state index contributed by atoms with van der Waals surface area (Å²) >= 11 is 0. The highest BCUT2D eigenvalue weighted by molar-refractivity contribution is 7.92. The van der Waals surface area contributed by atoms with Crippen molar-refractivity contribution in [3.8, 4) is 11.5 Å². The summed E-state index contributed by atoms with van der Waals surface area (Å²) < 4.78 is 39.7. The molecular formula is C31H39N3O6S. The molecule has 9 nitrogen and oxygen atoms in total. The summed E-state index contributed by atoms with van der Waals surface area (Å²) in [5.74, 6) is -0.0980. The van der Waals surface area contributed by atoms with Crippen molar-refractivity contribution in [3.05, 3.63) is 83.9 Å². The summed E-state index contributed by atoms with van der Waals surface area (Å²) in [6.07, 6.45) is 0.345. The first-order valence-electron chi connectivity index (χ1n) is 13.5. The van der Waals surface area contributed by atoms with Gasteiger partial charge in [0.15, 0.2) is 11.5 Å². The Morgan fingerprint density at radius 3 is 2.10 bits per heavy atom. The molecule has 0 aromatic heterocycles. The molecule has 3 aromatic carbocycles. The minimum absolute atomic E-state index is 0.0252. The SMILES string of the molecule is CC[C@H](C(=O)NC(C)C)N(Cc1ccc(C)cc1)C(=O)CN(c1ccc(OC)c(OC)c1)S(=O)(=O)c1ccccc1. The lowest BCUT2D eigenvalue weighted by molar-refractivity contribution is -0.140. The number of rotatable bonds is 13. The molecule has 0 bridgehead atoms. The van der Waals surface area contributed by atoms with E-state index in [9.17, 15) is 18.0 Å². The number of sulfonamides is 1. The number of nitrogens with one attached hydrogen (secondary N) is 1. The average Bonchev–Trinajstić information content (AvgIpc) is 2.96. The van der Waals surface area contributed by atoms with Gasteiger partial charge in [-0.15, -0.1) is 0 Å². The van der Waals surface area contributed by atoms with Gasteiger partial charge in [-0.3, -0.25) is 13.9 Å². The molecule has 3 rings (SSSR count). The molecule has 0 saturated heterocycles. The van der Waals surface area contributed by atoms with Crippen molar-refractivity contribution in [2.75, 3.05) is 25.1 Å². The van der Waals surface area contributed by atoms with E-state index in [1.54, 1.807) is 30.3 Å². The van der Waals surface area contributed by atoms with E-state index >= 15 is 0 Å². The summed E-state index contributed by atoms with van der Waals surface area (Å²) in [4.78, 5) is 28.8. The smallest absolute Gasteiger partial charge is 0.264 e. The molecule has 0 spiro atoms. The Bertz CT molecular complexity index is 1430. The largest absolute Gasteiger partial charge is 0.493 e. The van der Waals surface area contributed by atoms with Crippen LogP contribution in [0.2, 0.25) is 0 Å². The maximum atomic E-state index is 14.1. The Kier molecular flexibility index (Phi) is 10.8. The third-order valence-corrected chi connectivity index (χ3v) is 8.34. The van der Waals surface area contributed by atoms with Gasteiger partial charge in [0, 0.05) is 18.7 Å². The lowest BCUT2D eigenvalue weighted by Crippen LogP contribution is -2.53. The van der Waals surface area contributed by atoms with Crippen LogP contribution in [0, 0.1) is 6.92 Å². The second kappa shape index (κ2) is 14.0. The van der Waals surface area contributed by atoms with E-state index in [1.165, 1.54) is 37.3 Å². The van der Waals surface area contributed by atoms with Crippen molar-refractivity contribution < 1.29 is 27.5 Å². The Hall–Kier alpha value is -4.05. The van der Waals surface area contributed by atoms with Crippen molar-refractivity contribution in [1.82, 2.24) is 10.2 Å². The number of aryl methyl sites for hydroxylation is 1. The van der Waals surface area contributed by atoms with Gasteiger partial charge in [0.1, 0.15) is 12.6 Å². The van der Waals surface area contributed by atoms with Gasteiger partial charge >= 0.3 is 0 Å². The number of benzene rings is 3. The first-order chi connectivity index (χ1) is 19.5. The summed E-state index contributed by atoms with van der Waals surface area (Å²) in [7, 11) is -1.26. The molecule has 2 amide bonds. The summed E-state index contributed by atoms with van der Waals surface area (Å²) in [6, 6.07) is 19.3. The maximum absolute atomic E-state index is 14.1. The zero-order valence-corrected chi connectivity index (χ0v) is 25.3. The Balaban J connectivity index is 2.10. The van der Waals surface area contributed by atoms with Crippen molar-refractivity contribution in [3.63, 3.8) is 0 Å². The number of nitrogens with zero attached hydrogens (tertiary/aromatic N) is 2. The molecule has 0 unspecified atom stereocenters. The maximum Gasteiger partial charge on any atom is 0.264 e. The monoisotopic (exact) mass is 581 g/mol. The molecule has 0 saturated carbocycles. The van der Waals surface area contributed by atoms with Crippen molar-refractivity contribution >= 4 is 27.5 Å². The van der Waals surface area contributed by atoms with E-state index in [0.717, 1.165) is 15.4 Å². The van der Waals surface area contributed by atoms with E-state index in [-0.39, 0.29) is 29.1 Å². The first-order valence-corrected chi connectivity index (χ1v) is 14.9. The molecule has 10 heteroatoms. The predicted octanol–water partition coefficient (Wildman–Crippen LogP) is 4.54. The number of amides is 2. The van der Waals surface area contributed by atoms with Crippen LogP contribution in [0.5, 0.6) is 11.5 Å². The van der Waals surface area contributed by atoms with Crippen LogP contribution in [0.1, 0.15) is 38.3 Å². The molecule has 41 heavy (non-hydrogen) atoms. The highest BCUT2D eigenvalue weighted by Crippen LogP contribution is 2.34. The second-order valence-electron chi connectivity index (χ2n) is 9.96. The molecule has 0 radical (unpaired) electrons. The van der Waals surface area contributed by atoms with Crippen molar-refractivity contribution in [2.24, 2.45) is 0 Å². The molecule has 0 aliphatic heterocycles. The lowest BCUT2D eigenvalue weighted by Gasteiger charge is -2.33. The van der Waals surface area contributed by atoms with Gasteiger partial charge in [0.25, 0.3) is 10.0 Å². The van der Waals surface area contributed by atoms with E-state index < -0.39 is 28.5 Å². The summed E-state index contributed by atoms with van der Waals surface area (Å²) in [5.41, 5.74) is 2.10. The third-order valence-electron chi connectivity index (χ3n) is 6.56. The van der Waals surface area contributed by atoms with Crippen LogP contribution >= 0.6 is 0 Å². The van der Waals surface area contributed by atoms with Gasteiger partial charge in [-0.2, -0.15) is 0 Å². The molecular weight excluding hydrogens is 542 g/mol. The van der Waals surface area contributed by atoms with Gasteiger partial charge in [-0.1, -0.05) is 55.0 Å². The topological polar surface area (TPSA) is 105 Å². The molecule has 1 N–H and O–H groups in total. The molecule has 1 atom stereocenters.